The largest absolute Gasteiger partial charge is 0.466 e. The van der Waals surface area contributed by atoms with Gasteiger partial charge in [0.1, 0.15) is 11.5 Å². The van der Waals surface area contributed by atoms with Gasteiger partial charge in [-0.25, -0.2) is 0 Å². The first-order valence-electron chi connectivity index (χ1n) is 5.41. The molecule has 18 heavy (non-hydrogen) atoms. The lowest BCUT2D eigenvalue weighted by Crippen LogP contribution is -2.13. The average molecular weight is 265 g/mol. The number of halogens is 1. The number of hydrogen-bond donors (Lipinski definition) is 2. The Labute approximate surface area is 110 Å². The van der Waals surface area contributed by atoms with Crippen LogP contribution in [0.5, 0.6) is 0 Å². The van der Waals surface area contributed by atoms with Crippen LogP contribution >= 0.6 is 11.6 Å². The second kappa shape index (κ2) is 4.74. The molecule has 1 amide bonds. The molecule has 0 saturated carbocycles. The van der Waals surface area contributed by atoms with E-state index < -0.39 is 0 Å². The molecule has 0 bridgehead atoms. The highest BCUT2D eigenvalue weighted by Crippen LogP contribution is 2.24. The molecule has 0 atom stereocenters. The van der Waals surface area contributed by atoms with E-state index in [-0.39, 0.29) is 5.91 Å². The van der Waals surface area contributed by atoms with Crippen molar-refractivity contribution >= 4 is 28.9 Å². The van der Waals surface area contributed by atoms with Crippen LogP contribution in [0.2, 0.25) is 5.02 Å². The minimum absolute atomic E-state index is 0.265. The molecule has 3 N–H and O–H groups in total. The van der Waals surface area contributed by atoms with Gasteiger partial charge in [-0.2, -0.15) is 0 Å². The zero-order valence-electron chi connectivity index (χ0n) is 10.1. The summed E-state index contributed by atoms with van der Waals surface area (Å²) in [5.74, 6) is 1.00. The Bertz CT molecular complexity index is 605. The van der Waals surface area contributed by atoms with Crippen molar-refractivity contribution in [1.29, 1.82) is 0 Å². The second-order valence-electron chi connectivity index (χ2n) is 4.01. The second-order valence-corrected chi connectivity index (χ2v) is 4.45. The summed E-state index contributed by atoms with van der Waals surface area (Å²) in [6.07, 6.45) is 0. The van der Waals surface area contributed by atoms with Gasteiger partial charge in [0.05, 0.1) is 16.9 Å². The number of aryl methyl sites for hydroxylation is 2. The molecule has 0 aliphatic heterocycles. The summed E-state index contributed by atoms with van der Waals surface area (Å²) >= 11 is 5.86. The Balaban J connectivity index is 2.26. The van der Waals surface area contributed by atoms with E-state index in [2.05, 4.69) is 5.32 Å². The Morgan fingerprint density at radius 2 is 2.06 bits per heavy atom. The molecule has 4 nitrogen and oxygen atoms in total. The van der Waals surface area contributed by atoms with Crippen LogP contribution in [0.4, 0.5) is 11.4 Å². The summed E-state index contributed by atoms with van der Waals surface area (Å²) in [7, 11) is 0. The Morgan fingerprint density at radius 3 is 2.67 bits per heavy atom. The van der Waals surface area contributed by atoms with E-state index in [0.29, 0.717) is 33.5 Å². The monoisotopic (exact) mass is 264 g/mol. The van der Waals surface area contributed by atoms with Gasteiger partial charge in [0.15, 0.2) is 0 Å². The fourth-order valence-corrected chi connectivity index (χ4v) is 1.85. The quantitative estimate of drug-likeness (QED) is 0.817. The van der Waals surface area contributed by atoms with Crippen molar-refractivity contribution in [2.45, 2.75) is 13.8 Å². The number of benzene rings is 1. The van der Waals surface area contributed by atoms with Crippen LogP contribution in [-0.4, -0.2) is 5.91 Å². The van der Waals surface area contributed by atoms with Crippen LogP contribution in [0.3, 0.4) is 0 Å². The average Bonchev–Trinajstić information content (AvgIpc) is 2.63. The summed E-state index contributed by atoms with van der Waals surface area (Å²) < 4.78 is 5.31. The number of amides is 1. The fraction of sp³-hybridized carbons (Fsp3) is 0.154. The topological polar surface area (TPSA) is 68.3 Å². The van der Waals surface area contributed by atoms with Crippen molar-refractivity contribution in [3.8, 4) is 0 Å². The maximum atomic E-state index is 12.0. The SMILES string of the molecule is Cc1cc(C(=O)Nc2cc(Cl)ccc2N)c(C)o1. The highest BCUT2D eigenvalue weighted by atomic mass is 35.5. The third-order valence-corrected chi connectivity index (χ3v) is 2.78. The van der Waals surface area contributed by atoms with Crippen molar-refractivity contribution in [2.24, 2.45) is 0 Å². The van der Waals surface area contributed by atoms with Gasteiger partial charge in [-0.05, 0) is 38.1 Å². The molecule has 2 aromatic rings. The highest BCUT2D eigenvalue weighted by Gasteiger charge is 2.14. The van der Waals surface area contributed by atoms with Crippen molar-refractivity contribution in [3.63, 3.8) is 0 Å². The van der Waals surface area contributed by atoms with E-state index in [0.717, 1.165) is 0 Å². The summed E-state index contributed by atoms with van der Waals surface area (Å²) in [5, 5.41) is 3.23. The summed E-state index contributed by atoms with van der Waals surface area (Å²) in [5.41, 5.74) is 7.21. The molecule has 0 saturated heterocycles. The molecule has 1 heterocycles. The molecule has 2 rings (SSSR count). The molecule has 0 radical (unpaired) electrons. The van der Waals surface area contributed by atoms with E-state index >= 15 is 0 Å². The molecule has 0 aliphatic rings. The number of hydrogen-bond acceptors (Lipinski definition) is 3. The van der Waals surface area contributed by atoms with Crippen LogP contribution in [0.25, 0.3) is 0 Å². The Hall–Kier alpha value is -1.94. The maximum Gasteiger partial charge on any atom is 0.259 e. The van der Waals surface area contributed by atoms with Crippen LogP contribution in [0.15, 0.2) is 28.7 Å². The van der Waals surface area contributed by atoms with E-state index in [1.165, 1.54) is 0 Å². The number of anilines is 2. The van der Waals surface area contributed by atoms with Crippen molar-refractivity contribution in [3.05, 3.63) is 46.4 Å². The molecular weight excluding hydrogens is 252 g/mol. The first kappa shape index (κ1) is 12.5. The fourth-order valence-electron chi connectivity index (χ4n) is 1.68. The Morgan fingerprint density at radius 1 is 1.33 bits per heavy atom. The minimum Gasteiger partial charge on any atom is -0.466 e. The summed E-state index contributed by atoms with van der Waals surface area (Å²) in [4.78, 5) is 12.0. The number of carbonyl (C=O) groups is 1. The van der Waals surface area contributed by atoms with Crippen molar-refractivity contribution in [1.82, 2.24) is 0 Å². The van der Waals surface area contributed by atoms with Crippen LogP contribution < -0.4 is 11.1 Å². The molecule has 0 spiro atoms. The van der Waals surface area contributed by atoms with Gasteiger partial charge < -0.3 is 15.5 Å². The van der Waals surface area contributed by atoms with Gasteiger partial charge in [-0.3, -0.25) is 4.79 Å². The molecule has 0 unspecified atom stereocenters. The third kappa shape index (κ3) is 2.49. The molecule has 1 aromatic carbocycles. The van der Waals surface area contributed by atoms with Gasteiger partial charge in [0, 0.05) is 5.02 Å². The van der Waals surface area contributed by atoms with E-state index in [1.807, 2.05) is 0 Å². The molecular formula is C13H13ClN2O2. The maximum absolute atomic E-state index is 12.0. The normalized spacial score (nSPS) is 10.4. The minimum atomic E-state index is -0.265. The first-order valence-corrected chi connectivity index (χ1v) is 5.78. The number of nitrogens with two attached hydrogens (primary N) is 1. The number of carbonyl (C=O) groups excluding carboxylic acids is 1. The van der Waals surface area contributed by atoms with Gasteiger partial charge in [-0.1, -0.05) is 11.6 Å². The lowest BCUT2D eigenvalue weighted by molar-refractivity contribution is 0.102. The molecule has 0 fully saturated rings. The van der Waals surface area contributed by atoms with Crippen LogP contribution in [0.1, 0.15) is 21.9 Å². The molecule has 5 heteroatoms. The predicted molar refractivity (Wildman–Crippen MR) is 72.0 cm³/mol. The number of nitrogens with one attached hydrogen (secondary N) is 1. The van der Waals surface area contributed by atoms with E-state index in [4.69, 9.17) is 21.8 Å². The summed E-state index contributed by atoms with van der Waals surface area (Å²) in [6, 6.07) is 6.60. The number of nitrogen functional groups attached to an aromatic ring is 1. The van der Waals surface area contributed by atoms with Crippen molar-refractivity contribution < 1.29 is 9.21 Å². The smallest absolute Gasteiger partial charge is 0.259 e. The van der Waals surface area contributed by atoms with Gasteiger partial charge in [-0.15, -0.1) is 0 Å². The molecule has 1 aromatic heterocycles. The number of furan rings is 1. The lowest BCUT2D eigenvalue weighted by Gasteiger charge is -2.07. The van der Waals surface area contributed by atoms with Crippen LogP contribution in [0, 0.1) is 13.8 Å². The van der Waals surface area contributed by atoms with E-state index in [9.17, 15) is 4.79 Å². The zero-order chi connectivity index (χ0) is 13.3. The first-order chi connectivity index (χ1) is 8.47. The predicted octanol–water partition coefficient (Wildman–Crippen LogP) is 3.38. The van der Waals surface area contributed by atoms with Crippen molar-refractivity contribution in [2.75, 3.05) is 11.1 Å². The Kier molecular flexibility index (Phi) is 3.30. The summed E-state index contributed by atoms with van der Waals surface area (Å²) in [6.45, 7) is 3.53. The third-order valence-electron chi connectivity index (χ3n) is 2.55. The zero-order valence-corrected chi connectivity index (χ0v) is 10.8. The van der Waals surface area contributed by atoms with Crippen LogP contribution in [-0.2, 0) is 0 Å². The van der Waals surface area contributed by atoms with Gasteiger partial charge in [0.25, 0.3) is 5.91 Å². The highest BCUT2D eigenvalue weighted by molar-refractivity contribution is 6.31. The molecule has 0 aliphatic carbocycles. The van der Waals surface area contributed by atoms with Gasteiger partial charge in [0.2, 0.25) is 0 Å². The number of rotatable bonds is 2. The van der Waals surface area contributed by atoms with E-state index in [1.54, 1.807) is 38.1 Å². The molecule has 94 valence electrons. The van der Waals surface area contributed by atoms with Gasteiger partial charge >= 0.3 is 0 Å². The lowest BCUT2D eigenvalue weighted by atomic mass is 10.2. The standard InChI is InChI=1S/C13H13ClN2O2/c1-7-5-10(8(2)18-7)13(17)16-12-6-9(14)3-4-11(12)15/h3-6H,15H2,1-2H3,(H,16,17).